The number of aromatic amines is 1. The SMILES string of the molecule is Cc1nc(-c2ccc(NS(=O)(=O)c3cc(Cl)ccc3Cl)cc2)nc2[nH]nc(NC(=O)C3CCOCC3)c12. The largest absolute Gasteiger partial charge is 0.381 e. The highest BCUT2D eigenvalue weighted by molar-refractivity contribution is 7.92. The Morgan fingerprint density at radius 2 is 1.81 bits per heavy atom. The van der Waals surface area contributed by atoms with Gasteiger partial charge in [-0.25, -0.2) is 18.4 Å². The van der Waals surface area contributed by atoms with Gasteiger partial charge in [0.2, 0.25) is 5.91 Å². The molecular weight excluding hydrogens is 539 g/mol. The summed E-state index contributed by atoms with van der Waals surface area (Å²) in [4.78, 5) is 21.7. The molecule has 2 aromatic carbocycles. The van der Waals surface area contributed by atoms with Gasteiger partial charge in [-0.15, -0.1) is 0 Å². The first-order valence-corrected chi connectivity index (χ1v) is 13.6. The number of nitrogens with zero attached hydrogens (tertiary/aromatic N) is 3. The molecule has 0 unspecified atom stereocenters. The van der Waals surface area contributed by atoms with Gasteiger partial charge in [0.05, 0.1) is 16.1 Å². The standard InChI is InChI=1S/C24H22Cl2N6O4S/c1-13-20-22(30-31-23(20)29-24(33)15-8-10-36-11-9-15)28-21(27-13)14-2-5-17(6-3-14)32-37(34,35)19-12-16(25)4-7-18(19)26/h2-7,12,15,32H,8-11H2,1H3,(H2,27,28,29,30,31,33). The number of hydrogen-bond donors (Lipinski definition) is 3. The highest BCUT2D eigenvalue weighted by Gasteiger charge is 2.24. The predicted octanol–water partition coefficient (Wildman–Crippen LogP) is 4.80. The van der Waals surface area contributed by atoms with E-state index in [0.717, 1.165) is 0 Å². The third-order valence-electron chi connectivity index (χ3n) is 6.01. The molecule has 3 heterocycles. The first-order valence-electron chi connectivity index (χ1n) is 11.4. The van der Waals surface area contributed by atoms with Crippen molar-refractivity contribution in [3.63, 3.8) is 0 Å². The molecule has 1 aliphatic heterocycles. The van der Waals surface area contributed by atoms with Gasteiger partial charge in [0, 0.05) is 35.4 Å². The molecule has 0 aliphatic carbocycles. The summed E-state index contributed by atoms with van der Waals surface area (Å²) in [5.74, 6) is 0.590. The summed E-state index contributed by atoms with van der Waals surface area (Å²) >= 11 is 12.0. The Balaban J connectivity index is 1.36. The van der Waals surface area contributed by atoms with Gasteiger partial charge in [0.25, 0.3) is 10.0 Å². The van der Waals surface area contributed by atoms with Gasteiger partial charge in [-0.1, -0.05) is 23.2 Å². The van der Waals surface area contributed by atoms with Crippen molar-refractivity contribution in [2.45, 2.75) is 24.7 Å². The van der Waals surface area contributed by atoms with Crippen molar-refractivity contribution in [2.24, 2.45) is 5.92 Å². The van der Waals surface area contributed by atoms with Crippen LogP contribution in [0.2, 0.25) is 10.0 Å². The Kier molecular flexibility index (Phi) is 7.04. The van der Waals surface area contributed by atoms with Gasteiger partial charge in [-0.2, -0.15) is 5.10 Å². The molecule has 0 atom stereocenters. The van der Waals surface area contributed by atoms with E-state index < -0.39 is 10.0 Å². The second-order valence-electron chi connectivity index (χ2n) is 8.56. The number of carbonyl (C=O) groups is 1. The molecule has 1 saturated heterocycles. The Hall–Kier alpha value is -3.25. The lowest BCUT2D eigenvalue weighted by atomic mass is 9.99. The minimum Gasteiger partial charge on any atom is -0.381 e. The molecule has 13 heteroatoms. The van der Waals surface area contributed by atoms with Gasteiger partial charge in [0.1, 0.15) is 4.90 Å². The van der Waals surface area contributed by atoms with Crippen LogP contribution in [0.25, 0.3) is 22.4 Å². The second-order valence-corrected chi connectivity index (χ2v) is 11.1. The van der Waals surface area contributed by atoms with Crippen LogP contribution < -0.4 is 10.0 Å². The van der Waals surface area contributed by atoms with Crippen LogP contribution in [0, 0.1) is 12.8 Å². The maximum absolute atomic E-state index is 12.8. The number of ether oxygens (including phenoxy) is 1. The zero-order valence-corrected chi connectivity index (χ0v) is 21.9. The number of nitrogens with one attached hydrogen (secondary N) is 3. The number of anilines is 2. The lowest BCUT2D eigenvalue weighted by Gasteiger charge is -2.20. The molecule has 0 radical (unpaired) electrons. The molecule has 3 N–H and O–H groups in total. The quantitative estimate of drug-likeness (QED) is 0.307. The number of H-pyrrole nitrogens is 1. The Morgan fingerprint density at radius 1 is 1.08 bits per heavy atom. The topological polar surface area (TPSA) is 139 Å². The summed E-state index contributed by atoms with van der Waals surface area (Å²) in [7, 11) is -3.95. The van der Waals surface area contributed by atoms with Gasteiger partial charge < -0.3 is 10.1 Å². The third-order valence-corrected chi connectivity index (χ3v) is 8.11. The second kappa shape index (κ2) is 10.3. The average Bonchev–Trinajstić information content (AvgIpc) is 3.29. The van der Waals surface area contributed by atoms with Crippen molar-refractivity contribution in [2.75, 3.05) is 23.3 Å². The van der Waals surface area contributed by atoms with E-state index >= 15 is 0 Å². The average molecular weight is 561 g/mol. The Morgan fingerprint density at radius 3 is 2.54 bits per heavy atom. The van der Waals surface area contributed by atoms with Crippen LogP contribution in [0.5, 0.6) is 0 Å². The van der Waals surface area contributed by atoms with Crippen molar-refractivity contribution in [3.05, 3.63) is 58.2 Å². The fourth-order valence-electron chi connectivity index (χ4n) is 4.08. The number of amides is 1. The molecule has 0 saturated carbocycles. The smallest absolute Gasteiger partial charge is 0.263 e. The molecule has 5 rings (SSSR count). The maximum Gasteiger partial charge on any atom is 0.263 e. The van der Waals surface area contributed by atoms with Crippen molar-refractivity contribution in [3.8, 4) is 11.4 Å². The Bertz CT molecular complexity index is 1590. The molecule has 37 heavy (non-hydrogen) atoms. The third kappa shape index (κ3) is 5.40. The van der Waals surface area contributed by atoms with Crippen molar-refractivity contribution in [1.29, 1.82) is 0 Å². The number of aromatic nitrogens is 4. The summed E-state index contributed by atoms with van der Waals surface area (Å²) in [6, 6.07) is 10.8. The number of benzene rings is 2. The van der Waals surface area contributed by atoms with E-state index in [1.165, 1.54) is 18.2 Å². The minimum atomic E-state index is -3.95. The molecule has 0 spiro atoms. The lowest BCUT2D eigenvalue weighted by molar-refractivity contribution is -0.122. The first-order chi connectivity index (χ1) is 17.7. The van der Waals surface area contributed by atoms with E-state index in [4.69, 9.17) is 27.9 Å². The van der Waals surface area contributed by atoms with Crippen LogP contribution >= 0.6 is 23.2 Å². The van der Waals surface area contributed by atoms with Gasteiger partial charge in [-0.3, -0.25) is 14.6 Å². The number of aryl methyl sites for hydroxylation is 1. The highest BCUT2D eigenvalue weighted by atomic mass is 35.5. The maximum atomic E-state index is 12.8. The molecule has 192 valence electrons. The fourth-order valence-corrected chi connectivity index (χ4v) is 5.90. The molecule has 4 aromatic rings. The summed E-state index contributed by atoms with van der Waals surface area (Å²) in [6.07, 6.45) is 1.35. The van der Waals surface area contributed by atoms with Crippen LogP contribution in [-0.4, -0.2) is 47.7 Å². The zero-order valence-electron chi connectivity index (χ0n) is 19.6. The summed E-state index contributed by atoms with van der Waals surface area (Å²) < 4.78 is 33.4. The zero-order chi connectivity index (χ0) is 26.2. The number of rotatable bonds is 6. The molecule has 1 aliphatic rings. The number of hydrogen-bond acceptors (Lipinski definition) is 7. The molecule has 0 bridgehead atoms. The molecule has 1 fully saturated rings. The van der Waals surface area contributed by atoms with E-state index in [2.05, 4.69) is 30.2 Å². The number of carbonyl (C=O) groups excluding carboxylic acids is 1. The molecule has 10 nitrogen and oxygen atoms in total. The van der Waals surface area contributed by atoms with Crippen LogP contribution in [0.4, 0.5) is 11.5 Å². The number of halogens is 2. The molecule has 2 aromatic heterocycles. The van der Waals surface area contributed by atoms with Crippen molar-refractivity contribution < 1.29 is 17.9 Å². The van der Waals surface area contributed by atoms with Crippen molar-refractivity contribution in [1.82, 2.24) is 20.2 Å². The first kappa shape index (κ1) is 25.4. The van der Waals surface area contributed by atoms with Gasteiger partial charge in [0.15, 0.2) is 17.3 Å². The normalized spacial score (nSPS) is 14.6. The highest BCUT2D eigenvalue weighted by Crippen LogP contribution is 2.29. The summed E-state index contributed by atoms with van der Waals surface area (Å²) in [5, 5.41) is 10.9. The van der Waals surface area contributed by atoms with Gasteiger partial charge >= 0.3 is 0 Å². The van der Waals surface area contributed by atoms with Crippen LogP contribution in [0.1, 0.15) is 18.5 Å². The van der Waals surface area contributed by atoms with E-state index in [1.54, 1.807) is 24.3 Å². The van der Waals surface area contributed by atoms with Gasteiger partial charge in [-0.05, 0) is 62.2 Å². The lowest BCUT2D eigenvalue weighted by Crippen LogP contribution is -2.28. The fraction of sp³-hybridized carbons (Fsp3) is 0.250. The van der Waals surface area contributed by atoms with E-state index in [1.807, 2.05) is 6.92 Å². The van der Waals surface area contributed by atoms with Crippen molar-refractivity contribution >= 4 is 61.7 Å². The minimum absolute atomic E-state index is 0.0635. The van der Waals surface area contributed by atoms with Crippen LogP contribution in [0.3, 0.4) is 0 Å². The van der Waals surface area contributed by atoms with Crippen LogP contribution in [-0.2, 0) is 19.6 Å². The molecular formula is C24H22Cl2N6O4S. The number of fused-ring (bicyclic) bond motifs is 1. The number of sulfonamides is 1. The predicted molar refractivity (Wildman–Crippen MR) is 141 cm³/mol. The van der Waals surface area contributed by atoms with Crippen LogP contribution in [0.15, 0.2) is 47.4 Å². The van der Waals surface area contributed by atoms with E-state index in [0.29, 0.717) is 65.7 Å². The van der Waals surface area contributed by atoms with E-state index in [-0.39, 0.29) is 26.8 Å². The monoisotopic (exact) mass is 560 g/mol. The molecule has 1 amide bonds. The summed E-state index contributed by atoms with van der Waals surface area (Å²) in [5.41, 5.74) is 2.11. The van der Waals surface area contributed by atoms with E-state index in [9.17, 15) is 13.2 Å². The summed E-state index contributed by atoms with van der Waals surface area (Å²) in [6.45, 7) is 2.95. The Labute approximate surface area is 222 Å².